The zero-order chi connectivity index (χ0) is 26.5. The average molecular weight is 499 g/mol. The van der Waals surface area contributed by atoms with Gasteiger partial charge in [0.1, 0.15) is 5.65 Å². The average Bonchev–Trinajstić information content (AvgIpc) is 3.29. The van der Waals surface area contributed by atoms with Crippen LogP contribution in [0.3, 0.4) is 0 Å². The van der Waals surface area contributed by atoms with Crippen LogP contribution >= 0.6 is 0 Å². The molecule has 0 bridgehead atoms. The maximum absolute atomic E-state index is 12.6. The van der Waals surface area contributed by atoms with Crippen molar-refractivity contribution in [3.8, 4) is 22.3 Å². The third kappa shape index (κ3) is 6.45. The zero-order valence-corrected chi connectivity index (χ0v) is 22.6. The largest absolute Gasteiger partial charge is 0.392 e. The first-order valence-electron chi connectivity index (χ1n) is 13.0. The molecule has 0 fully saturated rings. The van der Waals surface area contributed by atoms with Crippen LogP contribution in [0.2, 0.25) is 0 Å². The van der Waals surface area contributed by atoms with Gasteiger partial charge in [-0.3, -0.25) is 4.79 Å². The number of likely N-dealkylation sites (N-methyl/N-ethyl adjacent to an activating group) is 1. The van der Waals surface area contributed by atoms with Crippen molar-refractivity contribution >= 4 is 16.9 Å². The number of aliphatic hydroxyl groups excluding tert-OH is 1. The van der Waals surface area contributed by atoms with E-state index in [4.69, 9.17) is 0 Å². The number of pyridine rings is 1. The maximum Gasteiger partial charge on any atom is 0.253 e. The van der Waals surface area contributed by atoms with Crippen LogP contribution in [0.1, 0.15) is 41.3 Å². The fourth-order valence-corrected chi connectivity index (χ4v) is 4.79. The lowest BCUT2D eigenvalue weighted by Gasteiger charge is -2.18. The van der Waals surface area contributed by atoms with Gasteiger partial charge in [-0.1, -0.05) is 30.3 Å². The molecule has 6 nitrogen and oxygen atoms in total. The van der Waals surface area contributed by atoms with Gasteiger partial charge in [0.15, 0.2) is 0 Å². The second kappa shape index (κ2) is 11.7. The topological polar surface area (TPSA) is 72.5 Å². The lowest BCUT2D eigenvalue weighted by molar-refractivity contribution is 0.0703. The Kier molecular flexibility index (Phi) is 8.41. The van der Waals surface area contributed by atoms with E-state index in [9.17, 15) is 9.90 Å². The third-order valence-corrected chi connectivity index (χ3v) is 6.84. The number of nitrogens with zero attached hydrogens (tertiary/aromatic N) is 3. The molecule has 194 valence electrons. The van der Waals surface area contributed by atoms with Crippen molar-refractivity contribution in [2.75, 3.05) is 34.2 Å². The highest BCUT2D eigenvalue weighted by molar-refractivity contribution is 5.98. The van der Waals surface area contributed by atoms with Crippen LogP contribution in [0.5, 0.6) is 0 Å². The van der Waals surface area contributed by atoms with Crippen molar-refractivity contribution in [1.29, 1.82) is 0 Å². The summed E-state index contributed by atoms with van der Waals surface area (Å²) in [5, 5.41) is 10.6. The van der Waals surface area contributed by atoms with Crippen molar-refractivity contribution < 1.29 is 9.90 Å². The van der Waals surface area contributed by atoms with Crippen LogP contribution in [0, 0.1) is 6.92 Å². The quantitative estimate of drug-likeness (QED) is 0.282. The highest BCUT2D eigenvalue weighted by atomic mass is 16.3. The van der Waals surface area contributed by atoms with E-state index >= 15 is 0 Å². The summed E-state index contributed by atoms with van der Waals surface area (Å²) in [7, 11) is 5.95. The Morgan fingerprint density at radius 3 is 2.41 bits per heavy atom. The molecular weight excluding hydrogens is 460 g/mol. The molecule has 4 rings (SSSR count). The van der Waals surface area contributed by atoms with Crippen LogP contribution in [0.15, 0.2) is 60.9 Å². The summed E-state index contributed by atoms with van der Waals surface area (Å²) in [5.74, 6) is -0.105. The number of fused-ring (bicyclic) bond motifs is 1. The minimum atomic E-state index is -0.561. The van der Waals surface area contributed by atoms with Crippen molar-refractivity contribution in [3.63, 3.8) is 0 Å². The van der Waals surface area contributed by atoms with Crippen LogP contribution < -0.4 is 0 Å². The number of carbonyl (C=O) groups excluding carboxylic acids is 1. The van der Waals surface area contributed by atoms with Gasteiger partial charge >= 0.3 is 0 Å². The summed E-state index contributed by atoms with van der Waals surface area (Å²) in [5.41, 5.74) is 8.48. The zero-order valence-electron chi connectivity index (χ0n) is 22.6. The molecular formula is C31H38N4O2. The summed E-state index contributed by atoms with van der Waals surface area (Å²) in [6.07, 6.45) is 6.84. The number of amides is 1. The molecule has 0 aliphatic carbocycles. The first-order chi connectivity index (χ1) is 17.7. The molecule has 0 saturated carbocycles. The van der Waals surface area contributed by atoms with Crippen LogP contribution in [-0.2, 0) is 6.42 Å². The highest BCUT2D eigenvalue weighted by Crippen LogP contribution is 2.32. The molecule has 0 aliphatic heterocycles. The molecule has 2 aromatic heterocycles. The molecule has 6 heteroatoms. The van der Waals surface area contributed by atoms with E-state index in [1.54, 1.807) is 18.9 Å². The van der Waals surface area contributed by atoms with Crippen molar-refractivity contribution in [2.24, 2.45) is 0 Å². The van der Waals surface area contributed by atoms with Crippen molar-refractivity contribution in [1.82, 2.24) is 19.8 Å². The number of H-pyrrole nitrogens is 1. The van der Waals surface area contributed by atoms with Gasteiger partial charge in [0, 0.05) is 48.1 Å². The fraction of sp³-hybridized carbons (Fsp3) is 0.355. The molecule has 1 amide bonds. The van der Waals surface area contributed by atoms with Gasteiger partial charge < -0.3 is 19.9 Å². The van der Waals surface area contributed by atoms with Crippen molar-refractivity contribution in [2.45, 2.75) is 39.2 Å². The minimum Gasteiger partial charge on any atom is -0.392 e. The Bertz CT molecular complexity index is 1360. The standard InChI is InChI=1S/C31H38N4O2/c1-21-16-26(14-9-23(21)8-6-7-15-34(3)4)27-17-28-29(19-33-30(28)32-18-27)24-10-12-25(13-11-24)31(37)35(5)20-22(2)36/h9-14,16-19,22,36H,6-8,15,20H2,1-5H3,(H,32,33). The SMILES string of the molecule is Cc1cc(-c2cnc3[nH]cc(-c4ccc(C(=O)N(C)CC(C)O)cc4)c3c2)ccc1CCCCN(C)C. The number of aromatic nitrogens is 2. The van der Waals surface area contributed by atoms with Gasteiger partial charge in [-0.15, -0.1) is 0 Å². The van der Waals surface area contributed by atoms with Gasteiger partial charge in [0.2, 0.25) is 0 Å². The second-order valence-corrected chi connectivity index (χ2v) is 10.3. The van der Waals surface area contributed by atoms with E-state index in [-0.39, 0.29) is 5.91 Å². The van der Waals surface area contributed by atoms with Gasteiger partial charge in [-0.25, -0.2) is 4.98 Å². The Hall–Kier alpha value is -3.48. The molecule has 0 radical (unpaired) electrons. The highest BCUT2D eigenvalue weighted by Gasteiger charge is 2.15. The number of unbranched alkanes of at least 4 members (excludes halogenated alkanes) is 1. The summed E-state index contributed by atoms with van der Waals surface area (Å²) < 4.78 is 0. The van der Waals surface area contributed by atoms with Crippen LogP contribution in [0.25, 0.3) is 33.3 Å². The van der Waals surface area contributed by atoms with E-state index in [1.165, 1.54) is 24.0 Å². The summed E-state index contributed by atoms with van der Waals surface area (Å²) in [6, 6.07) is 16.5. The fourth-order valence-electron chi connectivity index (χ4n) is 4.79. The predicted octanol–water partition coefficient (Wildman–Crippen LogP) is 5.54. The number of aromatic amines is 1. The summed E-state index contributed by atoms with van der Waals surface area (Å²) >= 11 is 0. The maximum atomic E-state index is 12.6. The van der Waals surface area contributed by atoms with Crippen molar-refractivity contribution in [3.05, 3.63) is 77.6 Å². The van der Waals surface area contributed by atoms with Gasteiger partial charge in [-0.05, 0) is 94.2 Å². The molecule has 2 N–H and O–H groups in total. The molecule has 1 atom stereocenters. The van der Waals surface area contributed by atoms with E-state index < -0.39 is 6.10 Å². The van der Waals surface area contributed by atoms with E-state index in [0.29, 0.717) is 12.1 Å². The van der Waals surface area contributed by atoms with E-state index in [1.807, 2.05) is 36.7 Å². The number of benzene rings is 2. The second-order valence-electron chi connectivity index (χ2n) is 10.3. The Labute approximate surface area is 220 Å². The first kappa shape index (κ1) is 26.6. The van der Waals surface area contributed by atoms with Gasteiger partial charge in [-0.2, -0.15) is 0 Å². The van der Waals surface area contributed by atoms with Crippen LogP contribution in [0.4, 0.5) is 0 Å². The Balaban J connectivity index is 1.54. The predicted molar refractivity (Wildman–Crippen MR) is 152 cm³/mol. The normalized spacial score (nSPS) is 12.3. The first-order valence-corrected chi connectivity index (χ1v) is 13.0. The molecule has 0 aliphatic rings. The number of rotatable bonds is 10. The smallest absolute Gasteiger partial charge is 0.253 e. The number of carbonyl (C=O) groups is 1. The Morgan fingerprint density at radius 1 is 1.00 bits per heavy atom. The number of nitrogens with one attached hydrogen (secondary N) is 1. The lowest BCUT2D eigenvalue weighted by Crippen LogP contribution is -2.32. The van der Waals surface area contributed by atoms with E-state index in [0.717, 1.165) is 46.3 Å². The number of aliphatic hydroxyl groups is 1. The third-order valence-electron chi connectivity index (χ3n) is 6.84. The molecule has 2 heterocycles. The Morgan fingerprint density at radius 2 is 1.73 bits per heavy atom. The molecule has 0 saturated heterocycles. The van der Waals surface area contributed by atoms with Gasteiger partial charge in [0.25, 0.3) is 5.91 Å². The van der Waals surface area contributed by atoms with E-state index in [2.05, 4.69) is 60.2 Å². The van der Waals surface area contributed by atoms with Crippen LogP contribution in [-0.4, -0.2) is 71.1 Å². The number of hydrogen-bond donors (Lipinski definition) is 2. The molecule has 1 unspecified atom stereocenters. The molecule has 37 heavy (non-hydrogen) atoms. The summed E-state index contributed by atoms with van der Waals surface area (Å²) in [6.45, 7) is 5.30. The molecule has 0 spiro atoms. The number of aryl methyl sites for hydroxylation is 2. The van der Waals surface area contributed by atoms with Gasteiger partial charge in [0.05, 0.1) is 6.10 Å². The minimum absolute atomic E-state index is 0.105. The molecule has 2 aromatic carbocycles. The monoisotopic (exact) mass is 498 g/mol. The summed E-state index contributed by atoms with van der Waals surface area (Å²) in [4.78, 5) is 24.4. The lowest BCUT2D eigenvalue weighted by atomic mass is 9.96. The molecule has 4 aromatic rings. The number of hydrogen-bond acceptors (Lipinski definition) is 4.